The molecule has 0 N–H and O–H groups in total. The van der Waals surface area contributed by atoms with E-state index in [0.29, 0.717) is 39.4 Å². The highest BCUT2D eigenvalue weighted by molar-refractivity contribution is 7.07. The first-order valence-corrected chi connectivity index (χ1v) is 11.9. The van der Waals surface area contributed by atoms with Gasteiger partial charge in [-0.25, -0.2) is 0 Å². The summed E-state index contributed by atoms with van der Waals surface area (Å²) in [6.45, 7) is 2.91. The van der Waals surface area contributed by atoms with Crippen molar-refractivity contribution in [3.63, 3.8) is 0 Å². The van der Waals surface area contributed by atoms with Gasteiger partial charge in [0.2, 0.25) is 5.78 Å². The maximum absolute atomic E-state index is 13.2. The number of hydrogen-bond acceptors (Lipinski definition) is 5. The predicted octanol–water partition coefficient (Wildman–Crippen LogP) is 3.94. The summed E-state index contributed by atoms with van der Waals surface area (Å²) in [5.74, 6) is -0.389. The number of ketones is 1. The molecule has 0 atom stereocenters. The molecule has 170 valence electrons. The fraction of sp³-hybridized carbons (Fsp3) is 0.269. The number of benzene rings is 2. The number of nitrogens with zero attached hydrogens (tertiary/aromatic N) is 2. The van der Waals surface area contributed by atoms with E-state index in [0.717, 1.165) is 35.3 Å². The second-order valence-electron chi connectivity index (χ2n) is 7.53. The molecule has 1 heterocycles. The van der Waals surface area contributed by atoms with Crippen LogP contribution < -0.4 is 14.8 Å². The third-order valence-corrected chi connectivity index (χ3v) is 6.50. The summed E-state index contributed by atoms with van der Waals surface area (Å²) < 4.78 is 7.44. The van der Waals surface area contributed by atoms with E-state index in [1.165, 1.54) is 4.57 Å². The number of ether oxygens (including phenoxy) is 1. The largest absolute Gasteiger partial charge is 0.385 e. The van der Waals surface area contributed by atoms with Crippen LogP contribution in [0.4, 0.5) is 0 Å². The Morgan fingerprint density at radius 2 is 1.88 bits per heavy atom. The van der Waals surface area contributed by atoms with Gasteiger partial charge in [-0.1, -0.05) is 61.3 Å². The van der Waals surface area contributed by atoms with Gasteiger partial charge >= 0.3 is 0 Å². The van der Waals surface area contributed by atoms with Gasteiger partial charge in [-0.15, -0.1) is 11.3 Å². The minimum Gasteiger partial charge on any atom is -0.385 e. The van der Waals surface area contributed by atoms with Crippen molar-refractivity contribution in [2.45, 2.75) is 32.7 Å². The summed E-state index contributed by atoms with van der Waals surface area (Å²) >= 11 is 7.11. The Morgan fingerprint density at radius 1 is 1.18 bits per heavy atom. The Morgan fingerprint density at radius 3 is 2.48 bits per heavy atom. The van der Waals surface area contributed by atoms with Gasteiger partial charge in [-0.05, 0) is 42.2 Å². The van der Waals surface area contributed by atoms with Crippen LogP contribution in [-0.2, 0) is 17.7 Å². The van der Waals surface area contributed by atoms with Gasteiger partial charge in [-0.3, -0.25) is 14.2 Å². The fourth-order valence-corrected chi connectivity index (χ4v) is 4.69. The Labute approximate surface area is 201 Å². The quantitative estimate of drug-likeness (QED) is 0.343. The number of methoxy groups -OCH3 is 1. The smallest absolute Gasteiger partial charge is 0.269 e. The summed E-state index contributed by atoms with van der Waals surface area (Å²) in [5.41, 5.74) is 2.11. The zero-order valence-electron chi connectivity index (χ0n) is 18.6. The van der Waals surface area contributed by atoms with Gasteiger partial charge in [0, 0.05) is 30.8 Å². The summed E-state index contributed by atoms with van der Waals surface area (Å²) in [6, 6.07) is 16.5. The molecule has 0 radical (unpaired) electrons. The molecule has 3 aromatic rings. The van der Waals surface area contributed by atoms with Crippen molar-refractivity contribution in [3.8, 4) is 6.07 Å². The first-order valence-electron chi connectivity index (χ1n) is 10.7. The highest BCUT2D eigenvalue weighted by Crippen LogP contribution is 2.12. The lowest BCUT2D eigenvalue weighted by molar-refractivity contribution is 0.105. The van der Waals surface area contributed by atoms with E-state index in [1.807, 2.05) is 24.3 Å². The maximum Gasteiger partial charge on any atom is 0.269 e. The van der Waals surface area contributed by atoms with Crippen LogP contribution in [0.2, 0.25) is 5.02 Å². The van der Waals surface area contributed by atoms with Crippen molar-refractivity contribution in [1.82, 2.24) is 4.57 Å². The Kier molecular flexibility index (Phi) is 8.79. The number of thiazole rings is 1. The molecule has 0 aliphatic heterocycles. The molecule has 0 saturated carbocycles. The van der Waals surface area contributed by atoms with Crippen molar-refractivity contribution in [2.75, 3.05) is 13.7 Å². The standard InChI is InChI=1S/C26H25ClN2O3S/c1-3-5-18-6-10-20(11-7-18)24(30)22(17-28)26-29(14-4-15-32-2)25(31)23(33-26)16-19-8-12-21(27)13-9-19/h6-13,16H,3-5,14-15H2,1-2H3/b23-16-,26-22-. The number of hydrogen-bond donors (Lipinski definition) is 0. The Balaban J connectivity index is 2.16. The number of carbonyl (C=O) groups excluding carboxylic acids is 1. The van der Waals surface area contributed by atoms with Gasteiger partial charge in [0.25, 0.3) is 5.56 Å². The van der Waals surface area contributed by atoms with Crippen molar-refractivity contribution >= 4 is 40.4 Å². The van der Waals surface area contributed by atoms with Crippen LogP contribution in [0.5, 0.6) is 0 Å². The van der Waals surface area contributed by atoms with Crippen LogP contribution in [0.3, 0.4) is 0 Å². The topological polar surface area (TPSA) is 72.1 Å². The highest BCUT2D eigenvalue weighted by Gasteiger charge is 2.17. The second-order valence-corrected chi connectivity index (χ2v) is 9.00. The monoisotopic (exact) mass is 480 g/mol. The predicted molar refractivity (Wildman–Crippen MR) is 133 cm³/mol. The van der Waals surface area contributed by atoms with E-state index in [1.54, 1.807) is 37.5 Å². The minimum absolute atomic E-state index is 0.0338. The fourth-order valence-electron chi connectivity index (χ4n) is 3.44. The van der Waals surface area contributed by atoms with Crippen molar-refractivity contribution < 1.29 is 9.53 Å². The van der Waals surface area contributed by atoms with Crippen LogP contribution in [0, 0.1) is 11.3 Å². The van der Waals surface area contributed by atoms with Crippen LogP contribution in [-0.4, -0.2) is 24.1 Å². The van der Waals surface area contributed by atoms with Crippen molar-refractivity contribution in [3.05, 3.63) is 89.8 Å². The summed E-state index contributed by atoms with van der Waals surface area (Å²) in [7, 11) is 1.59. The molecule has 0 unspecified atom stereocenters. The van der Waals surface area contributed by atoms with E-state index in [4.69, 9.17) is 16.3 Å². The highest BCUT2D eigenvalue weighted by atomic mass is 35.5. The average Bonchev–Trinajstić information content (AvgIpc) is 3.11. The molecule has 0 aliphatic carbocycles. The average molecular weight is 481 g/mol. The Bertz CT molecular complexity index is 1330. The van der Waals surface area contributed by atoms with Gasteiger partial charge in [0.15, 0.2) is 0 Å². The molecule has 3 rings (SSSR count). The van der Waals surface area contributed by atoms with Crippen LogP contribution in [0.1, 0.15) is 41.3 Å². The zero-order valence-corrected chi connectivity index (χ0v) is 20.2. The van der Waals surface area contributed by atoms with Crippen LogP contribution >= 0.6 is 22.9 Å². The van der Waals surface area contributed by atoms with E-state index in [2.05, 4.69) is 13.0 Å². The molecule has 0 saturated heterocycles. The third kappa shape index (κ3) is 6.08. The maximum atomic E-state index is 13.2. The number of nitriles is 1. The number of Topliss-reactive ketones (excluding diaryl/α,β-unsaturated/α-hetero) is 1. The third-order valence-electron chi connectivity index (χ3n) is 5.11. The summed E-state index contributed by atoms with van der Waals surface area (Å²) in [6.07, 6.45) is 4.27. The van der Waals surface area contributed by atoms with E-state index in [9.17, 15) is 14.9 Å². The molecule has 2 aromatic carbocycles. The molecule has 0 spiro atoms. The number of aromatic nitrogens is 1. The molecule has 0 bridgehead atoms. The van der Waals surface area contributed by atoms with E-state index < -0.39 is 0 Å². The second kappa shape index (κ2) is 11.8. The SMILES string of the molecule is CCCc1ccc(C(=O)/C(C#N)=c2\s/c(=C\c3ccc(Cl)cc3)c(=O)n2CCCOC)cc1. The lowest BCUT2D eigenvalue weighted by Crippen LogP contribution is -2.33. The normalized spacial score (nSPS) is 12.5. The first-order chi connectivity index (χ1) is 16.0. The van der Waals surface area contributed by atoms with Gasteiger partial charge in [-0.2, -0.15) is 5.26 Å². The summed E-state index contributed by atoms with van der Waals surface area (Å²) in [4.78, 5) is 26.4. The van der Waals surface area contributed by atoms with Gasteiger partial charge in [0.05, 0.1) is 4.53 Å². The Hall–Kier alpha value is -2.98. The molecular weight excluding hydrogens is 456 g/mol. The number of halogens is 1. The minimum atomic E-state index is -0.389. The summed E-state index contributed by atoms with van der Waals surface area (Å²) in [5, 5.41) is 10.5. The molecular formula is C26H25ClN2O3S. The van der Waals surface area contributed by atoms with Crippen molar-refractivity contribution in [2.24, 2.45) is 0 Å². The molecule has 33 heavy (non-hydrogen) atoms. The number of aryl methyl sites for hydroxylation is 1. The van der Waals surface area contributed by atoms with Crippen LogP contribution in [0.25, 0.3) is 11.6 Å². The van der Waals surface area contributed by atoms with E-state index in [-0.39, 0.29) is 16.9 Å². The zero-order chi connectivity index (χ0) is 23.8. The molecule has 5 nitrogen and oxygen atoms in total. The van der Waals surface area contributed by atoms with E-state index >= 15 is 0 Å². The van der Waals surface area contributed by atoms with Gasteiger partial charge in [0.1, 0.15) is 16.3 Å². The van der Waals surface area contributed by atoms with Crippen molar-refractivity contribution in [1.29, 1.82) is 5.26 Å². The van der Waals surface area contributed by atoms with Crippen LogP contribution in [0.15, 0.2) is 53.3 Å². The molecule has 1 aromatic heterocycles. The lowest BCUT2D eigenvalue weighted by Gasteiger charge is -2.04. The molecule has 0 fully saturated rings. The van der Waals surface area contributed by atoms with Gasteiger partial charge < -0.3 is 4.74 Å². The molecule has 0 aliphatic rings. The molecule has 0 amide bonds. The lowest BCUT2D eigenvalue weighted by atomic mass is 10.0. The molecule has 7 heteroatoms. The first kappa shape index (κ1) is 24.7. The number of carbonyl (C=O) groups is 1. The number of rotatable bonds is 9.